The van der Waals surface area contributed by atoms with Gasteiger partial charge in [-0.2, -0.15) is 0 Å². The molecular weight excluding hydrogens is 200 g/mol. The normalized spacial score (nSPS) is 9.88. The Morgan fingerprint density at radius 1 is 1.25 bits per heavy atom. The highest BCUT2D eigenvalue weighted by Crippen LogP contribution is 2.15. The summed E-state index contributed by atoms with van der Waals surface area (Å²) >= 11 is 0. The van der Waals surface area contributed by atoms with Crippen molar-refractivity contribution >= 4 is 11.5 Å². The summed E-state index contributed by atoms with van der Waals surface area (Å²) < 4.78 is 5.49. The second-order valence-corrected chi connectivity index (χ2v) is 3.76. The van der Waals surface area contributed by atoms with Crippen molar-refractivity contribution in [3.63, 3.8) is 0 Å². The average Bonchev–Trinajstić information content (AvgIpc) is 2.29. The zero-order chi connectivity index (χ0) is 12.0. The molecular formula is C14H18O2. The van der Waals surface area contributed by atoms with E-state index in [9.17, 15) is 4.79 Å². The van der Waals surface area contributed by atoms with E-state index in [4.69, 9.17) is 4.74 Å². The Labute approximate surface area is 96.9 Å². The van der Waals surface area contributed by atoms with Crippen molar-refractivity contribution in [3.05, 3.63) is 42.0 Å². The fourth-order valence-corrected chi connectivity index (χ4v) is 1.31. The van der Waals surface area contributed by atoms with Gasteiger partial charge in [-0.1, -0.05) is 44.2 Å². The number of Topliss-reactive ketones (excluding diaryl/α,β-unsaturated/α-hetero) is 1. The van der Waals surface area contributed by atoms with Crippen LogP contribution in [0, 0.1) is 0 Å². The van der Waals surface area contributed by atoms with Gasteiger partial charge in [-0.05, 0) is 13.3 Å². The van der Waals surface area contributed by atoms with Gasteiger partial charge in [-0.3, -0.25) is 4.79 Å². The van der Waals surface area contributed by atoms with E-state index in [1.165, 1.54) is 0 Å². The Balaban J connectivity index is 2.59. The zero-order valence-electron chi connectivity index (χ0n) is 9.95. The Morgan fingerprint density at radius 3 is 2.31 bits per heavy atom. The highest BCUT2D eigenvalue weighted by molar-refractivity contribution is 5.94. The Hall–Kier alpha value is -1.57. The Kier molecular flexibility index (Phi) is 4.77. The van der Waals surface area contributed by atoms with Crippen molar-refractivity contribution in [1.82, 2.24) is 0 Å². The summed E-state index contributed by atoms with van der Waals surface area (Å²) in [5, 5.41) is 0. The smallest absolute Gasteiger partial charge is 0.159 e. The highest BCUT2D eigenvalue weighted by Gasteiger charge is 2.02. The van der Waals surface area contributed by atoms with Crippen molar-refractivity contribution in [2.24, 2.45) is 0 Å². The summed E-state index contributed by atoms with van der Waals surface area (Å²) in [4.78, 5) is 11.1. The van der Waals surface area contributed by atoms with Crippen LogP contribution in [0.3, 0.4) is 0 Å². The summed E-state index contributed by atoms with van der Waals surface area (Å²) in [7, 11) is 0. The van der Waals surface area contributed by atoms with Gasteiger partial charge >= 0.3 is 0 Å². The van der Waals surface area contributed by atoms with Crippen molar-refractivity contribution in [1.29, 1.82) is 0 Å². The first-order valence-corrected chi connectivity index (χ1v) is 5.58. The first kappa shape index (κ1) is 12.5. The lowest BCUT2D eigenvalue weighted by molar-refractivity contribution is 0.101. The van der Waals surface area contributed by atoms with Crippen LogP contribution < -0.4 is 0 Å². The SMILES string of the molecule is C=C(OCCCC)c1ccc(C(C)=O)cc1. The predicted molar refractivity (Wildman–Crippen MR) is 66.3 cm³/mol. The lowest BCUT2D eigenvalue weighted by Crippen LogP contribution is -1.95. The van der Waals surface area contributed by atoms with Gasteiger partial charge in [0.2, 0.25) is 0 Å². The predicted octanol–water partition coefficient (Wildman–Crippen LogP) is 3.68. The molecule has 0 aromatic heterocycles. The fraction of sp³-hybridized carbons (Fsp3) is 0.357. The zero-order valence-corrected chi connectivity index (χ0v) is 9.95. The molecule has 0 atom stereocenters. The molecule has 1 rings (SSSR count). The number of ketones is 1. The van der Waals surface area contributed by atoms with Gasteiger partial charge in [0.25, 0.3) is 0 Å². The largest absolute Gasteiger partial charge is 0.494 e. The van der Waals surface area contributed by atoms with Crippen LogP contribution in [0.15, 0.2) is 30.8 Å². The second kappa shape index (κ2) is 6.11. The van der Waals surface area contributed by atoms with Crippen LogP contribution in [-0.4, -0.2) is 12.4 Å². The van der Waals surface area contributed by atoms with Crippen LogP contribution in [0.25, 0.3) is 5.76 Å². The number of carbonyl (C=O) groups excluding carboxylic acids is 1. The van der Waals surface area contributed by atoms with Crippen LogP contribution in [0.2, 0.25) is 0 Å². The maximum atomic E-state index is 11.1. The topological polar surface area (TPSA) is 26.3 Å². The molecule has 0 saturated heterocycles. The third kappa shape index (κ3) is 3.54. The van der Waals surface area contributed by atoms with Gasteiger partial charge in [0, 0.05) is 11.1 Å². The molecule has 0 saturated carbocycles. The van der Waals surface area contributed by atoms with E-state index in [1.54, 1.807) is 19.1 Å². The van der Waals surface area contributed by atoms with Crippen molar-refractivity contribution < 1.29 is 9.53 Å². The first-order valence-electron chi connectivity index (χ1n) is 5.58. The maximum Gasteiger partial charge on any atom is 0.159 e. The number of unbranched alkanes of at least 4 members (excludes halogenated alkanes) is 1. The molecule has 0 amide bonds. The lowest BCUT2D eigenvalue weighted by Gasteiger charge is -2.08. The summed E-state index contributed by atoms with van der Waals surface area (Å²) in [6.07, 6.45) is 2.14. The number of ether oxygens (including phenoxy) is 1. The van der Waals surface area contributed by atoms with E-state index in [1.807, 2.05) is 12.1 Å². The van der Waals surface area contributed by atoms with E-state index >= 15 is 0 Å². The number of carbonyl (C=O) groups is 1. The van der Waals surface area contributed by atoms with Crippen LogP contribution in [0.5, 0.6) is 0 Å². The molecule has 0 fully saturated rings. The minimum absolute atomic E-state index is 0.0732. The molecule has 86 valence electrons. The van der Waals surface area contributed by atoms with Crippen molar-refractivity contribution in [3.8, 4) is 0 Å². The molecule has 0 bridgehead atoms. The maximum absolute atomic E-state index is 11.1. The Morgan fingerprint density at radius 2 is 1.81 bits per heavy atom. The quantitative estimate of drug-likeness (QED) is 0.413. The molecule has 2 heteroatoms. The molecule has 0 N–H and O–H groups in total. The fourth-order valence-electron chi connectivity index (χ4n) is 1.31. The molecule has 2 nitrogen and oxygen atoms in total. The Bertz CT molecular complexity index is 363. The van der Waals surface area contributed by atoms with E-state index in [0.29, 0.717) is 17.9 Å². The summed E-state index contributed by atoms with van der Waals surface area (Å²) in [5.74, 6) is 0.743. The van der Waals surface area contributed by atoms with Crippen LogP contribution in [-0.2, 0) is 4.74 Å². The molecule has 0 heterocycles. The third-order valence-corrected chi connectivity index (χ3v) is 2.39. The minimum Gasteiger partial charge on any atom is -0.494 e. The summed E-state index contributed by atoms with van der Waals surface area (Å²) in [6.45, 7) is 8.24. The van der Waals surface area contributed by atoms with Crippen LogP contribution in [0.4, 0.5) is 0 Å². The first-order chi connectivity index (χ1) is 7.65. The number of benzene rings is 1. The molecule has 0 aliphatic heterocycles. The number of hydrogen-bond acceptors (Lipinski definition) is 2. The monoisotopic (exact) mass is 218 g/mol. The molecule has 1 aromatic rings. The van der Waals surface area contributed by atoms with Crippen LogP contribution >= 0.6 is 0 Å². The molecule has 0 aliphatic carbocycles. The van der Waals surface area contributed by atoms with E-state index in [0.717, 1.165) is 18.4 Å². The lowest BCUT2D eigenvalue weighted by atomic mass is 10.1. The van der Waals surface area contributed by atoms with Crippen molar-refractivity contribution in [2.75, 3.05) is 6.61 Å². The van der Waals surface area contributed by atoms with Gasteiger partial charge in [0.15, 0.2) is 5.78 Å². The van der Waals surface area contributed by atoms with Gasteiger partial charge in [-0.15, -0.1) is 0 Å². The molecule has 16 heavy (non-hydrogen) atoms. The average molecular weight is 218 g/mol. The molecule has 0 spiro atoms. The molecule has 0 aliphatic rings. The third-order valence-electron chi connectivity index (χ3n) is 2.39. The molecule has 1 aromatic carbocycles. The van der Waals surface area contributed by atoms with Gasteiger partial charge in [0.1, 0.15) is 5.76 Å². The van der Waals surface area contributed by atoms with Crippen molar-refractivity contribution in [2.45, 2.75) is 26.7 Å². The molecule has 0 radical (unpaired) electrons. The summed E-state index contributed by atoms with van der Waals surface area (Å²) in [5.41, 5.74) is 1.64. The second-order valence-electron chi connectivity index (χ2n) is 3.76. The van der Waals surface area contributed by atoms with E-state index in [-0.39, 0.29) is 5.78 Å². The number of rotatable bonds is 6. The van der Waals surface area contributed by atoms with E-state index in [2.05, 4.69) is 13.5 Å². The summed E-state index contributed by atoms with van der Waals surface area (Å²) in [6, 6.07) is 7.33. The van der Waals surface area contributed by atoms with Gasteiger partial charge in [0.05, 0.1) is 6.61 Å². The van der Waals surface area contributed by atoms with E-state index < -0.39 is 0 Å². The standard InChI is InChI=1S/C14H18O2/c1-4-5-10-16-12(3)14-8-6-13(7-9-14)11(2)15/h6-9H,3-5,10H2,1-2H3. The highest BCUT2D eigenvalue weighted by atomic mass is 16.5. The minimum atomic E-state index is 0.0732. The van der Waals surface area contributed by atoms with Gasteiger partial charge in [-0.25, -0.2) is 0 Å². The van der Waals surface area contributed by atoms with Crippen LogP contribution in [0.1, 0.15) is 42.6 Å². The van der Waals surface area contributed by atoms with Gasteiger partial charge < -0.3 is 4.74 Å². The number of hydrogen-bond donors (Lipinski definition) is 0. The molecule has 0 unspecified atom stereocenters.